The van der Waals surface area contributed by atoms with Crippen molar-refractivity contribution in [2.24, 2.45) is 0 Å². The molecular formula is C13H19BrN2OS. The predicted molar refractivity (Wildman–Crippen MR) is 81.8 cm³/mol. The van der Waals surface area contributed by atoms with Crippen LogP contribution in [0, 0.1) is 0 Å². The smallest absolute Gasteiger partial charge is 0.233 e. The van der Waals surface area contributed by atoms with Gasteiger partial charge < -0.3 is 11.1 Å². The van der Waals surface area contributed by atoms with Crippen molar-refractivity contribution < 1.29 is 4.79 Å². The van der Waals surface area contributed by atoms with Crippen LogP contribution >= 0.6 is 27.7 Å². The molecule has 0 saturated carbocycles. The van der Waals surface area contributed by atoms with Crippen LogP contribution in [0.25, 0.3) is 0 Å². The zero-order valence-corrected chi connectivity index (χ0v) is 13.5. The predicted octanol–water partition coefficient (Wildman–Crippen LogP) is 3.43. The van der Waals surface area contributed by atoms with Gasteiger partial charge >= 0.3 is 0 Å². The Hall–Kier alpha value is -0.680. The van der Waals surface area contributed by atoms with Gasteiger partial charge in [-0.3, -0.25) is 4.79 Å². The van der Waals surface area contributed by atoms with Gasteiger partial charge in [0.05, 0.1) is 5.25 Å². The molecule has 0 radical (unpaired) electrons. The third-order valence-corrected chi connectivity index (χ3v) is 3.83. The minimum atomic E-state index is -0.211. The minimum absolute atomic E-state index is 0.0230. The van der Waals surface area contributed by atoms with E-state index in [0.29, 0.717) is 5.69 Å². The van der Waals surface area contributed by atoms with E-state index in [4.69, 9.17) is 5.73 Å². The van der Waals surface area contributed by atoms with Crippen LogP contribution < -0.4 is 11.1 Å². The molecule has 1 unspecified atom stereocenters. The number of carbonyl (C=O) groups excluding carboxylic acids is 1. The Kier molecular flexibility index (Phi) is 5.10. The van der Waals surface area contributed by atoms with Crippen molar-refractivity contribution in [1.82, 2.24) is 5.32 Å². The van der Waals surface area contributed by atoms with Gasteiger partial charge in [-0.1, -0.05) is 15.9 Å². The molecule has 1 amide bonds. The number of hydrogen-bond donors (Lipinski definition) is 2. The van der Waals surface area contributed by atoms with Crippen LogP contribution in [-0.4, -0.2) is 16.7 Å². The average Bonchev–Trinajstić information content (AvgIpc) is 2.19. The van der Waals surface area contributed by atoms with E-state index in [9.17, 15) is 4.79 Å². The molecule has 0 aliphatic carbocycles. The van der Waals surface area contributed by atoms with Crippen LogP contribution in [0.1, 0.15) is 27.7 Å². The number of anilines is 1. The summed E-state index contributed by atoms with van der Waals surface area (Å²) in [5.74, 6) is 0.0230. The van der Waals surface area contributed by atoms with Crippen LogP contribution in [0.3, 0.4) is 0 Å². The van der Waals surface area contributed by atoms with E-state index in [1.165, 1.54) is 11.8 Å². The number of rotatable bonds is 3. The van der Waals surface area contributed by atoms with Crippen LogP contribution in [-0.2, 0) is 4.79 Å². The number of nitrogens with two attached hydrogens (primary N) is 1. The van der Waals surface area contributed by atoms with Gasteiger partial charge in [-0.25, -0.2) is 0 Å². The highest BCUT2D eigenvalue weighted by Gasteiger charge is 2.20. The van der Waals surface area contributed by atoms with E-state index in [-0.39, 0.29) is 16.7 Å². The number of benzene rings is 1. The summed E-state index contributed by atoms with van der Waals surface area (Å²) in [4.78, 5) is 12.9. The lowest BCUT2D eigenvalue weighted by Gasteiger charge is -2.23. The summed E-state index contributed by atoms with van der Waals surface area (Å²) in [6, 6.07) is 5.69. The molecule has 0 heterocycles. The summed E-state index contributed by atoms with van der Waals surface area (Å²) < 4.78 is 0.941. The fourth-order valence-corrected chi connectivity index (χ4v) is 2.61. The maximum absolute atomic E-state index is 12.0. The summed E-state index contributed by atoms with van der Waals surface area (Å²) in [5, 5.41) is 2.79. The van der Waals surface area contributed by atoms with Crippen molar-refractivity contribution in [3.63, 3.8) is 0 Å². The number of halogens is 1. The maximum Gasteiger partial charge on any atom is 0.233 e. The third kappa shape index (κ3) is 4.90. The third-order valence-electron chi connectivity index (χ3n) is 2.14. The molecule has 0 spiro atoms. The van der Waals surface area contributed by atoms with Gasteiger partial charge in [0.15, 0.2) is 0 Å². The molecule has 0 aliphatic heterocycles. The molecule has 0 bridgehead atoms. The van der Waals surface area contributed by atoms with E-state index in [1.54, 1.807) is 0 Å². The van der Waals surface area contributed by atoms with Gasteiger partial charge in [0, 0.05) is 20.6 Å². The second kappa shape index (κ2) is 5.97. The van der Waals surface area contributed by atoms with Crippen molar-refractivity contribution in [3.05, 3.63) is 22.7 Å². The van der Waals surface area contributed by atoms with Gasteiger partial charge in [-0.05, 0) is 45.9 Å². The van der Waals surface area contributed by atoms with Crippen molar-refractivity contribution >= 4 is 39.3 Å². The number of carbonyl (C=O) groups is 1. The molecule has 1 aromatic carbocycles. The first kappa shape index (κ1) is 15.4. The van der Waals surface area contributed by atoms with E-state index >= 15 is 0 Å². The van der Waals surface area contributed by atoms with Crippen molar-refractivity contribution in [2.75, 3.05) is 5.73 Å². The van der Waals surface area contributed by atoms with Crippen LogP contribution in [0.5, 0.6) is 0 Å². The summed E-state index contributed by atoms with van der Waals surface area (Å²) in [6.07, 6.45) is 0. The highest BCUT2D eigenvalue weighted by atomic mass is 79.9. The van der Waals surface area contributed by atoms with Crippen LogP contribution in [0.4, 0.5) is 5.69 Å². The standard InChI is InChI=1S/C13H19BrN2OS/c1-8(12(17)16-13(2,3)4)18-11-6-5-9(14)7-10(11)15/h5-8H,15H2,1-4H3,(H,16,17). The molecule has 1 aromatic rings. The molecule has 1 rings (SSSR count). The number of nitrogens with one attached hydrogen (secondary N) is 1. The Morgan fingerprint density at radius 1 is 1.44 bits per heavy atom. The van der Waals surface area contributed by atoms with Crippen molar-refractivity contribution in [3.8, 4) is 0 Å². The zero-order valence-electron chi connectivity index (χ0n) is 11.1. The molecule has 0 saturated heterocycles. The molecule has 3 nitrogen and oxygen atoms in total. The monoisotopic (exact) mass is 330 g/mol. The van der Waals surface area contributed by atoms with Crippen LogP contribution in [0.15, 0.2) is 27.6 Å². The number of nitrogen functional groups attached to an aromatic ring is 1. The van der Waals surface area contributed by atoms with Gasteiger partial charge in [0.25, 0.3) is 0 Å². The lowest BCUT2D eigenvalue weighted by atomic mass is 10.1. The largest absolute Gasteiger partial charge is 0.398 e. The Bertz CT molecular complexity index is 443. The summed E-state index contributed by atoms with van der Waals surface area (Å²) >= 11 is 4.83. The van der Waals surface area contributed by atoms with Gasteiger partial charge in [0.2, 0.25) is 5.91 Å². The molecule has 3 N–H and O–H groups in total. The molecular weight excluding hydrogens is 312 g/mol. The van der Waals surface area contributed by atoms with E-state index in [2.05, 4.69) is 21.2 Å². The molecule has 100 valence electrons. The van der Waals surface area contributed by atoms with E-state index in [1.807, 2.05) is 45.9 Å². The minimum Gasteiger partial charge on any atom is -0.398 e. The lowest BCUT2D eigenvalue weighted by Crippen LogP contribution is -2.44. The summed E-state index contributed by atoms with van der Waals surface area (Å²) in [6.45, 7) is 7.79. The number of hydrogen-bond acceptors (Lipinski definition) is 3. The zero-order chi connectivity index (χ0) is 13.9. The van der Waals surface area contributed by atoms with Gasteiger partial charge in [-0.2, -0.15) is 0 Å². The SMILES string of the molecule is CC(Sc1ccc(Br)cc1N)C(=O)NC(C)(C)C. The summed E-state index contributed by atoms with van der Waals surface area (Å²) in [7, 11) is 0. The first-order valence-electron chi connectivity index (χ1n) is 5.73. The first-order valence-corrected chi connectivity index (χ1v) is 7.40. The lowest BCUT2D eigenvalue weighted by molar-refractivity contribution is -0.121. The molecule has 0 aromatic heterocycles. The molecule has 1 atom stereocenters. The number of amides is 1. The van der Waals surface area contributed by atoms with Crippen molar-refractivity contribution in [2.45, 2.75) is 43.4 Å². The second-order valence-electron chi connectivity index (χ2n) is 5.18. The first-order chi connectivity index (χ1) is 8.19. The molecule has 18 heavy (non-hydrogen) atoms. The maximum atomic E-state index is 12.0. The molecule has 0 aliphatic rings. The van der Waals surface area contributed by atoms with Crippen molar-refractivity contribution in [1.29, 1.82) is 0 Å². The normalized spacial score (nSPS) is 13.2. The van der Waals surface area contributed by atoms with E-state index < -0.39 is 0 Å². The topological polar surface area (TPSA) is 55.1 Å². The highest BCUT2D eigenvalue weighted by molar-refractivity contribution is 9.10. The Balaban J connectivity index is 2.69. The summed E-state index contributed by atoms with van der Waals surface area (Å²) in [5.41, 5.74) is 6.39. The molecule has 0 fully saturated rings. The number of thioether (sulfide) groups is 1. The fourth-order valence-electron chi connectivity index (χ4n) is 1.34. The quantitative estimate of drug-likeness (QED) is 0.659. The van der Waals surface area contributed by atoms with Crippen LogP contribution in [0.2, 0.25) is 0 Å². The van der Waals surface area contributed by atoms with Gasteiger partial charge in [0.1, 0.15) is 0 Å². The Morgan fingerprint density at radius 2 is 2.06 bits per heavy atom. The second-order valence-corrected chi connectivity index (χ2v) is 7.48. The highest BCUT2D eigenvalue weighted by Crippen LogP contribution is 2.31. The fraction of sp³-hybridized carbons (Fsp3) is 0.462. The van der Waals surface area contributed by atoms with Gasteiger partial charge in [-0.15, -0.1) is 11.8 Å². The molecule has 5 heteroatoms. The Labute approximate surface area is 121 Å². The van der Waals surface area contributed by atoms with E-state index in [0.717, 1.165) is 9.37 Å². The Morgan fingerprint density at radius 3 is 2.56 bits per heavy atom. The average molecular weight is 331 g/mol.